The molecule has 3 N–H and O–H groups in total. The average Bonchev–Trinajstić information content (AvgIpc) is 2.90. The number of hydrogen-bond acceptors (Lipinski definition) is 4. The number of amidine groups is 1. The molecule has 0 saturated carbocycles. The van der Waals surface area contributed by atoms with Gasteiger partial charge >= 0.3 is 0 Å². The molecule has 0 atom stereocenters. The van der Waals surface area contributed by atoms with E-state index in [-0.39, 0.29) is 5.84 Å². The zero-order valence-corrected chi connectivity index (χ0v) is 12.8. The van der Waals surface area contributed by atoms with Gasteiger partial charge in [-0.2, -0.15) is 11.3 Å². The highest BCUT2D eigenvalue weighted by Crippen LogP contribution is 2.25. The zero-order chi connectivity index (χ0) is 13.8. The molecule has 4 nitrogen and oxygen atoms in total. The monoisotopic (exact) mass is 339 g/mol. The summed E-state index contributed by atoms with van der Waals surface area (Å²) in [4.78, 5) is 2.07. The lowest BCUT2D eigenvalue weighted by Crippen LogP contribution is -2.22. The lowest BCUT2D eigenvalue weighted by atomic mass is 10.1. The molecular formula is C13H14BrN3OS. The third kappa shape index (κ3) is 3.27. The Bertz CT molecular complexity index is 584. The Morgan fingerprint density at radius 1 is 1.47 bits per heavy atom. The fourth-order valence-corrected chi connectivity index (χ4v) is 2.86. The van der Waals surface area contributed by atoms with Crippen LogP contribution in [0, 0.1) is 0 Å². The highest BCUT2D eigenvalue weighted by molar-refractivity contribution is 9.10. The summed E-state index contributed by atoms with van der Waals surface area (Å²) >= 11 is 5.07. The van der Waals surface area contributed by atoms with Crippen LogP contribution >= 0.6 is 27.3 Å². The maximum absolute atomic E-state index is 8.87. The van der Waals surface area contributed by atoms with E-state index in [0.717, 1.165) is 16.7 Å². The van der Waals surface area contributed by atoms with Crippen LogP contribution in [-0.4, -0.2) is 18.1 Å². The number of halogens is 1. The van der Waals surface area contributed by atoms with Crippen LogP contribution in [0.2, 0.25) is 0 Å². The minimum absolute atomic E-state index is 0.105. The van der Waals surface area contributed by atoms with Crippen LogP contribution in [0.15, 0.2) is 44.7 Å². The van der Waals surface area contributed by atoms with E-state index < -0.39 is 0 Å². The highest BCUT2D eigenvalue weighted by atomic mass is 79.9. The molecule has 0 bridgehead atoms. The summed E-state index contributed by atoms with van der Waals surface area (Å²) in [5, 5.41) is 16.1. The summed E-state index contributed by atoms with van der Waals surface area (Å²) < 4.78 is 0.891. The third-order valence-electron chi connectivity index (χ3n) is 2.75. The Kier molecular flexibility index (Phi) is 4.44. The van der Waals surface area contributed by atoms with Gasteiger partial charge in [0.1, 0.15) is 0 Å². The van der Waals surface area contributed by atoms with E-state index in [0.29, 0.717) is 5.56 Å². The quantitative estimate of drug-likeness (QED) is 0.389. The van der Waals surface area contributed by atoms with Gasteiger partial charge in [0, 0.05) is 29.3 Å². The van der Waals surface area contributed by atoms with Crippen molar-refractivity contribution in [2.24, 2.45) is 10.9 Å². The first-order valence-corrected chi connectivity index (χ1v) is 7.35. The van der Waals surface area contributed by atoms with Crippen molar-refractivity contribution in [1.82, 2.24) is 0 Å². The molecule has 0 radical (unpaired) electrons. The first-order valence-electron chi connectivity index (χ1n) is 5.61. The van der Waals surface area contributed by atoms with E-state index in [1.165, 1.54) is 5.56 Å². The topological polar surface area (TPSA) is 61.8 Å². The Morgan fingerprint density at radius 3 is 2.89 bits per heavy atom. The number of nitrogens with two attached hydrogens (primary N) is 1. The SMILES string of the molecule is CN(Cc1ccsc1)c1ccc(Br)cc1/C(N)=N/O. The molecule has 0 amide bonds. The van der Waals surface area contributed by atoms with E-state index in [9.17, 15) is 0 Å². The average molecular weight is 340 g/mol. The molecule has 1 aromatic carbocycles. The van der Waals surface area contributed by atoms with Crippen molar-refractivity contribution in [3.8, 4) is 0 Å². The van der Waals surface area contributed by atoms with E-state index in [1.807, 2.05) is 25.2 Å². The Labute approximate surface area is 124 Å². The molecule has 0 fully saturated rings. The molecule has 0 aliphatic heterocycles. The molecule has 1 aromatic heterocycles. The second kappa shape index (κ2) is 6.08. The van der Waals surface area contributed by atoms with Gasteiger partial charge in [0.25, 0.3) is 0 Å². The molecule has 0 aliphatic rings. The summed E-state index contributed by atoms with van der Waals surface area (Å²) in [7, 11) is 1.98. The fourth-order valence-electron chi connectivity index (χ4n) is 1.84. The van der Waals surface area contributed by atoms with E-state index in [2.05, 4.69) is 42.8 Å². The van der Waals surface area contributed by atoms with Crippen LogP contribution < -0.4 is 10.6 Å². The standard InChI is InChI=1S/C13H14BrN3OS/c1-17(7-9-4-5-19-8-9)12-3-2-10(14)6-11(12)13(15)16-18/h2-6,8,18H,7H2,1H3,(H2,15,16). The number of benzene rings is 1. The first kappa shape index (κ1) is 13.9. The molecular weight excluding hydrogens is 326 g/mol. The van der Waals surface area contributed by atoms with E-state index >= 15 is 0 Å². The number of rotatable bonds is 4. The van der Waals surface area contributed by atoms with E-state index in [4.69, 9.17) is 10.9 Å². The van der Waals surface area contributed by atoms with Crippen molar-refractivity contribution in [1.29, 1.82) is 0 Å². The Hall–Kier alpha value is -1.53. The molecule has 19 heavy (non-hydrogen) atoms. The normalized spacial score (nSPS) is 11.6. The predicted octanol–water partition coefficient (Wildman–Crippen LogP) is 3.24. The van der Waals surface area contributed by atoms with Crippen LogP contribution in [0.3, 0.4) is 0 Å². The molecule has 2 aromatic rings. The molecule has 100 valence electrons. The maximum Gasteiger partial charge on any atom is 0.172 e. The largest absolute Gasteiger partial charge is 0.409 e. The number of nitrogens with zero attached hydrogens (tertiary/aromatic N) is 2. The molecule has 0 saturated heterocycles. The van der Waals surface area contributed by atoms with Gasteiger partial charge in [-0.25, -0.2) is 0 Å². The smallest absolute Gasteiger partial charge is 0.172 e. The van der Waals surface area contributed by atoms with Crippen LogP contribution in [0.4, 0.5) is 5.69 Å². The summed E-state index contributed by atoms with van der Waals surface area (Å²) in [6, 6.07) is 7.81. The van der Waals surface area contributed by atoms with Crippen molar-refractivity contribution < 1.29 is 5.21 Å². The number of anilines is 1. The van der Waals surface area contributed by atoms with Crippen molar-refractivity contribution in [2.75, 3.05) is 11.9 Å². The lowest BCUT2D eigenvalue weighted by Gasteiger charge is -2.22. The molecule has 6 heteroatoms. The number of hydrogen-bond donors (Lipinski definition) is 2. The van der Waals surface area contributed by atoms with Crippen LogP contribution in [0.5, 0.6) is 0 Å². The summed E-state index contributed by atoms with van der Waals surface area (Å²) in [6.07, 6.45) is 0. The van der Waals surface area contributed by atoms with Gasteiger partial charge in [0.05, 0.1) is 0 Å². The molecule has 1 heterocycles. The Balaban J connectivity index is 2.33. The van der Waals surface area contributed by atoms with Gasteiger partial charge < -0.3 is 15.8 Å². The van der Waals surface area contributed by atoms with Gasteiger partial charge in [-0.15, -0.1) is 0 Å². The van der Waals surface area contributed by atoms with E-state index in [1.54, 1.807) is 11.3 Å². The summed E-state index contributed by atoms with van der Waals surface area (Å²) in [5.74, 6) is 0.105. The second-order valence-corrected chi connectivity index (χ2v) is 5.83. The van der Waals surface area contributed by atoms with Crippen molar-refractivity contribution in [3.05, 3.63) is 50.6 Å². The second-order valence-electron chi connectivity index (χ2n) is 4.13. The minimum Gasteiger partial charge on any atom is -0.409 e. The fraction of sp³-hybridized carbons (Fsp3) is 0.154. The van der Waals surface area contributed by atoms with Gasteiger partial charge in [0.15, 0.2) is 5.84 Å². The number of oxime groups is 1. The molecule has 0 unspecified atom stereocenters. The zero-order valence-electron chi connectivity index (χ0n) is 10.4. The van der Waals surface area contributed by atoms with Crippen molar-refractivity contribution in [2.45, 2.75) is 6.54 Å². The first-order chi connectivity index (χ1) is 9.11. The molecule has 2 rings (SSSR count). The van der Waals surface area contributed by atoms with Crippen LogP contribution in [0.1, 0.15) is 11.1 Å². The predicted molar refractivity (Wildman–Crippen MR) is 83.1 cm³/mol. The van der Waals surface area contributed by atoms with Crippen LogP contribution in [0.25, 0.3) is 0 Å². The minimum atomic E-state index is 0.105. The van der Waals surface area contributed by atoms with Crippen molar-refractivity contribution >= 4 is 38.8 Å². The summed E-state index contributed by atoms with van der Waals surface area (Å²) in [5.41, 5.74) is 8.59. The lowest BCUT2D eigenvalue weighted by molar-refractivity contribution is 0.318. The van der Waals surface area contributed by atoms with Gasteiger partial charge in [-0.3, -0.25) is 0 Å². The van der Waals surface area contributed by atoms with Crippen molar-refractivity contribution in [3.63, 3.8) is 0 Å². The van der Waals surface area contributed by atoms with Crippen LogP contribution in [-0.2, 0) is 6.54 Å². The third-order valence-corrected chi connectivity index (χ3v) is 3.98. The van der Waals surface area contributed by atoms with Gasteiger partial charge in [0.2, 0.25) is 0 Å². The molecule has 0 spiro atoms. The Morgan fingerprint density at radius 2 is 2.26 bits per heavy atom. The van der Waals surface area contributed by atoms with Gasteiger partial charge in [-0.1, -0.05) is 21.1 Å². The van der Waals surface area contributed by atoms with Gasteiger partial charge in [-0.05, 0) is 40.6 Å². The highest BCUT2D eigenvalue weighted by Gasteiger charge is 2.12. The maximum atomic E-state index is 8.87. The summed E-state index contributed by atoms with van der Waals surface area (Å²) in [6.45, 7) is 0.775. The number of thiophene rings is 1. The molecule has 0 aliphatic carbocycles.